The van der Waals surface area contributed by atoms with Gasteiger partial charge in [-0.3, -0.25) is 0 Å². The van der Waals surface area contributed by atoms with E-state index in [1.165, 1.54) is 21.5 Å². The standard InChI is InChI=1S/C60H37NO2/c1-2-17-38(18-3-1)40-19-10-13-29-54(40)61(55-30-16-28-51-47-25-11-14-31-56(47)62-59(51)55)39-33-34-46-50-35-36-52-48-26-12-15-32-57(48)63-60(52)58(50)49-27-9-8-23-44(49)42-21-5-4-20-41(42)43-22-6-7-24-45(43)53(46)37-39/h1-37H. The van der Waals surface area contributed by atoms with E-state index in [0.717, 1.165) is 104 Å². The molecule has 0 unspecified atom stereocenters. The summed E-state index contributed by atoms with van der Waals surface area (Å²) in [5.41, 5.74) is 8.75. The summed E-state index contributed by atoms with van der Waals surface area (Å²) in [6.45, 7) is 0. The third-order valence-corrected chi connectivity index (χ3v) is 12.9. The Balaban J connectivity index is 1.24. The molecule has 0 N–H and O–H groups in total. The molecule has 0 aliphatic carbocycles. The van der Waals surface area contributed by atoms with Crippen molar-refractivity contribution in [2.45, 2.75) is 0 Å². The average Bonchev–Trinajstić information content (AvgIpc) is 3.93. The highest BCUT2D eigenvalue weighted by atomic mass is 16.3. The van der Waals surface area contributed by atoms with Gasteiger partial charge in [0, 0.05) is 38.2 Å². The number of hydrogen-bond acceptors (Lipinski definition) is 3. The van der Waals surface area contributed by atoms with Gasteiger partial charge < -0.3 is 13.7 Å². The zero-order valence-electron chi connectivity index (χ0n) is 34.1. The second-order valence-corrected chi connectivity index (χ2v) is 16.3. The van der Waals surface area contributed by atoms with Crippen molar-refractivity contribution in [2.24, 2.45) is 0 Å². The molecule has 13 rings (SSSR count). The Hall–Kier alpha value is -8.40. The van der Waals surface area contributed by atoms with E-state index in [4.69, 9.17) is 8.83 Å². The van der Waals surface area contributed by atoms with E-state index >= 15 is 0 Å². The first kappa shape index (κ1) is 35.4. The number of anilines is 3. The van der Waals surface area contributed by atoms with E-state index in [2.05, 4.69) is 223 Å². The van der Waals surface area contributed by atoms with E-state index in [0.29, 0.717) is 0 Å². The molecule has 0 atom stereocenters. The van der Waals surface area contributed by atoms with E-state index in [9.17, 15) is 0 Å². The number of fused-ring (bicyclic) bond motifs is 17. The molecule has 0 saturated heterocycles. The summed E-state index contributed by atoms with van der Waals surface area (Å²) >= 11 is 0. The highest BCUT2D eigenvalue weighted by Gasteiger charge is 2.23. The SMILES string of the molecule is c1ccc(-c2ccccc2N(c2ccc3c(c2)c2ccccc2c2ccccc2c2ccccc2c2c3ccc3c4ccccc4oc32)c2cccc3c2oc2ccccc23)cc1. The van der Waals surface area contributed by atoms with Crippen molar-refractivity contribution < 1.29 is 8.83 Å². The maximum absolute atomic E-state index is 6.93. The lowest BCUT2D eigenvalue weighted by Crippen LogP contribution is -2.11. The molecule has 63 heavy (non-hydrogen) atoms. The molecule has 11 aromatic carbocycles. The van der Waals surface area contributed by atoms with Crippen molar-refractivity contribution >= 4 is 115 Å². The van der Waals surface area contributed by atoms with Crippen LogP contribution in [0.1, 0.15) is 0 Å². The van der Waals surface area contributed by atoms with Crippen LogP contribution in [0.3, 0.4) is 0 Å². The molecule has 0 aliphatic rings. The molecule has 0 radical (unpaired) electrons. The molecule has 2 heterocycles. The van der Waals surface area contributed by atoms with Gasteiger partial charge in [0.1, 0.15) is 16.7 Å². The smallest absolute Gasteiger partial charge is 0.159 e. The van der Waals surface area contributed by atoms with Crippen LogP contribution in [0.2, 0.25) is 0 Å². The topological polar surface area (TPSA) is 29.5 Å². The zero-order chi connectivity index (χ0) is 41.4. The maximum Gasteiger partial charge on any atom is 0.159 e. The van der Waals surface area contributed by atoms with Gasteiger partial charge in [-0.25, -0.2) is 0 Å². The largest absolute Gasteiger partial charge is 0.455 e. The highest BCUT2D eigenvalue weighted by Crippen LogP contribution is 2.47. The first-order valence-electron chi connectivity index (χ1n) is 21.5. The summed E-state index contributed by atoms with van der Waals surface area (Å²) in [5.74, 6) is 0. The van der Waals surface area contributed by atoms with E-state index in [1.54, 1.807) is 0 Å². The van der Waals surface area contributed by atoms with Gasteiger partial charge in [-0.05, 0) is 96.5 Å². The van der Waals surface area contributed by atoms with E-state index in [-0.39, 0.29) is 0 Å². The Labute approximate surface area is 362 Å². The minimum absolute atomic E-state index is 0.838. The van der Waals surface area contributed by atoms with Gasteiger partial charge >= 0.3 is 0 Å². The predicted molar refractivity (Wildman–Crippen MR) is 266 cm³/mol. The average molecular weight is 804 g/mol. The summed E-state index contributed by atoms with van der Waals surface area (Å²) in [6.07, 6.45) is 0. The van der Waals surface area contributed by atoms with Gasteiger partial charge in [0.05, 0.1) is 11.4 Å². The van der Waals surface area contributed by atoms with E-state index in [1.807, 2.05) is 6.07 Å². The fourth-order valence-corrected chi connectivity index (χ4v) is 10.1. The molecule has 2 aromatic heterocycles. The molecule has 0 saturated carbocycles. The van der Waals surface area contributed by atoms with Crippen molar-refractivity contribution in [2.75, 3.05) is 4.90 Å². The Morgan fingerprint density at radius 2 is 0.698 bits per heavy atom. The summed E-state index contributed by atoms with van der Waals surface area (Å²) in [6, 6.07) is 80.7. The van der Waals surface area contributed by atoms with Crippen LogP contribution in [0.4, 0.5) is 17.1 Å². The molecule has 13 aromatic rings. The Bertz CT molecular complexity index is 4050. The molecule has 0 fully saturated rings. The van der Waals surface area contributed by atoms with Crippen molar-refractivity contribution in [1.82, 2.24) is 0 Å². The fourth-order valence-electron chi connectivity index (χ4n) is 10.1. The molecule has 3 nitrogen and oxygen atoms in total. The van der Waals surface area contributed by atoms with Crippen LogP contribution >= 0.6 is 0 Å². The number of nitrogens with zero attached hydrogens (tertiary/aromatic N) is 1. The van der Waals surface area contributed by atoms with Crippen molar-refractivity contribution in [3.8, 4) is 11.1 Å². The van der Waals surface area contributed by atoms with Crippen molar-refractivity contribution in [3.63, 3.8) is 0 Å². The molecule has 0 amide bonds. The minimum atomic E-state index is 0.838. The van der Waals surface area contributed by atoms with Gasteiger partial charge in [0.2, 0.25) is 0 Å². The number of benzene rings is 10. The molecule has 3 heteroatoms. The van der Waals surface area contributed by atoms with Gasteiger partial charge in [0.25, 0.3) is 0 Å². The van der Waals surface area contributed by atoms with Crippen LogP contribution in [0, 0.1) is 0 Å². The number of furan rings is 2. The lowest BCUT2D eigenvalue weighted by atomic mass is 9.93. The van der Waals surface area contributed by atoms with Crippen LogP contribution in [0.15, 0.2) is 233 Å². The normalized spacial score (nSPS) is 11.8. The second kappa shape index (κ2) is 14.1. The first-order valence-corrected chi connectivity index (χ1v) is 21.5. The maximum atomic E-state index is 6.93. The summed E-state index contributed by atoms with van der Waals surface area (Å²) in [7, 11) is 0. The van der Waals surface area contributed by atoms with Crippen LogP contribution in [-0.4, -0.2) is 0 Å². The second-order valence-electron chi connectivity index (χ2n) is 16.3. The van der Waals surface area contributed by atoms with Gasteiger partial charge in [0.15, 0.2) is 5.58 Å². The monoisotopic (exact) mass is 803 g/mol. The minimum Gasteiger partial charge on any atom is -0.455 e. The number of hydrogen-bond donors (Lipinski definition) is 0. The predicted octanol–water partition coefficient (Wildman–Crippen LogP) is 17.5. The number of para-hydroxylation sites is 4. The molecule has 0 spiro atoms. The lowest BCUT2D eigenvalue weighted by Gasteiger charge is -2.28. The summed E-state index contributed by atoms with van der Waals surface area (Å²) < 4.78 is 13.8. The summed E-state index contributed by atoms with van der Waals surface area (Å²) in [5, 5.41) is 15.8. The van der Waals surface area contributed by atoms with Crippen LogP contribution in [-0.2, 0) is 0 Å². The van der Waals surface area contributed by atoms with E-state index < -0.39 is 0 Å². The first-order chi connectivity index (χ1) is 31.3. The lowest BCUT2D eigenvalue weighted by molar-refractivity contribution is 0.669. The molecular formula is C60H37NO2. The van der Waals surface area contributed by atoms with Crippen LogP contribution < -0.4 is 4.90 Å². The molecule has 0 bridgehead atoms. The van der Waals surface area contributed by atoms with Crippen LogP contribution in [0.5, 0.6) is 0 Å². The zero-order valence-corrected chi connectivity index (χ0v) is 34.1. The quantitative estimate of drug-likeness (QED) is 0.177. The Kier molecular flexibility index (Phi) is 7.91. The Morgan fingerprint density at radius 3 is 1.38 bits per heavy atom. The molecule has 294 valence electrons. The van der Waals surface area contributed by atoms with Crippen molar-refractivity contribution in [1.29, 1.82) is 0 Å². The van der Waals surface area contributed by atoms with Crippen molar-refractivity contribution in [3.05, 3.63) is 224 Å². The number of rotatable bonds is 4. The van der Waals surface area contributed by atoms with Crippen LogP contribution in [0.25, 0.3) is 109 Å². The fraction of sp³-hybridized carbons (Fsp3) is 0. The van der Waals surface area contributed by atoms with Gasteiger partial charge in [-0.1, -0.05) is 182 Å². The summed E-state index contributed by atoms with van der Waals surface area (Å²) in [4.78, 5) is 2.39. The van der Waals surface area contributed by atoms with Gasteiger partial charge in [-0.15, -0.1) is 0 Å². The highest BCUT2D eigenvalue weighted by molar-refractivity contribution is 6.31. The third kappa shape index (κ3) is 5.46. The Morgan fingerprint density at radius 1 is 0.270 bits per heavy atom. The molecular weight excluding hydrogens is 767 g/mol. The molecule has 0 aliphatic heterocycles. The van der Waals surface area contributed by atoms with Gasteiger partial charge in [-0.2, -0.15) is 0 Å². The third-order valence-electron chi connectivity index (χ3n) is 12.9.